The molecule has 4 nitrogen and oxygen atoms in total. The molecule has 0 spiro atoms. The first-order chi connectivity index (χ1) is 9.71. The van der Waals surface area contributed by atoms with Crippen molar-refractivity contribution < 1.29 is 19.1 Å². The third-order valence-corrected chi connectivity index (χ3v) is 3.50. The summed E-state index contributed by atoms with van der Waals surface area (Å²) in [5.74, 6) is -0.873. The highest BCUT2D eigenvalue weighted by atomic mass is 16.6. The maximum absolute atomic E-state index is 12.4. The minimum Gasteiger partial charge on any atom is -0.468 e. The van der Waals surface area contributed by atoms with Gasteiger partial charge in [-0.1, -0.05) is 48.5 Å². The van der Waals surface area contributed by atoms with E-state index in [2.05, 4.69) is 0 Å². The smallest absolute Gasteiger partial charge is 0.338 e. The van der Waals surface area contributed by atoms with Crippen LogP contribution in [0.5, 0.6) is 5.75 Å². The summed E-state index contributed by atoms with van der Waals surface area (Å²) in [5.41, 5.74) is -0.475. The number of carbonyl (C=O) groups excluding carboxylic acids is 2. The summed E-state index contributed by atoms with van der Waals surface area (Å²) in [4.78, 5) is 24.8. The highest BCUT2D eigenvalue weighted by molar-refractivity contribution is 6.13. The van der Waals surface area contributed by atoms with E-state index in [0.717, 1.165) is 0 Å². The zero-order chi connectivity index (χ0) is 14.2. The molecule has 1 atom stereocenters. The van der Waals surface area contributed by atoms with Crippen LogP contribution in [0.25, 0.3) is 0 Å². The number of rotatable bonds is 2. The molecule has 0 saturated heterocycles. The highest BCUT2D eigenvalue weighted by Gasteiger charge is 2.57. The lowest BCUT2D eigenvalue weighted by atomic mass is 9.75. The molecule has 0 aromatic heterocycles. The molecular formula is C16H12O4. The van der Waals surface area contributed by atoms with Gasteiger partial charge in [0.05, 0.1) is 7.11 Å². The predicted molar refractivity (Wildman–Crippen MR) is 71.3 cm³/mol. The van der Waals surface area contributed by atoms with Crippen LogP contribution in [0.2, 0.25) is 0 Å². The Kier molecular flexibility index (Phi) is 2.79. The molecule has 0 N–H and O–H groups in total. The van der Waals surface area contributed by atoms with E-state index in [1.54, 1.807) is 48.5 Å². The largest absolute Gasteiger partial charge is 0.468 e. The standard InChI is InChI=1S/C16H12O4/c1-19-14(17)16(11-7-3-2-4-8-11)12-9-5-6-10-13(12)20-15(16)18/h2-10H,1H3. The van der Waals surface area contributed by atoms with Crippen molar-refractivity contribution in [3.8, 4) is 5.75 Å². The van der Waals surface area contributed by atoms with E-state index in [9.17, 15) is 9.59 Å². The molecule has 4 heteroatoms. The Morgan fingerprint density at radius 3 is 2.40 bits per heavy atom. The molecule has 3 rings (SSSR count). The number of ether oxygens (including phenoxy) is 2. The van der Waals surface area contributed by atoms with Crippen LogP contribution >= 0.6 is 0 Å². The van der Waals surface area contributed by atoms with Gasteiger partial charge in [-0.05, 0) is 11.6 Å². The second kappa shape index (κ2) is 4.49. The van der Waals surface area contributed by atoms with Crippen LogP contribution < -0.4 is 4.74 Å². The summed E-state index contributed by atoms with van der Waals surface area (Å²) in [6.45, 7) is 0. The fourth-order valence-corrected chi connectivity index (χ4v) is 2.58. The average molecular weight is 268 g/mol. The molecule has 2 aromatic carbocycles. The molecular weight excluding hydrogens is 256 g/mol. The number of esters is 2. The van der Waals surface area contributed by atoms with E-state index >= 15 is 0 Å². The average Bonchev–Trinajstić information content (AvgIpc) is 2.80. The number of hydrogen-bond acceptors (Lipinski definition) is 4. The van der Waals surface area contributed by atoms with Crippen molar-refractivity contribution in [3.63, 3.8) is 0 Å². The van der Waals surface area contributed by atoms with Crippen molar-refractivity contribution in [2.45, 2.75) is 5.41 Å². The number of methoxy groups -OCH3 is 1. The van der Waals surface area contributed by atoms with E-state index in [-0.39, 0.29) is 0 Å². The van der Waals surface area contributed by atoms with Gasteiger partial charge in [-0.25, -0.2) is 4.79 Å². The summed E-state index contributed by atoms with van der Waals surface area (Å²) in [6, 6.07) is 15.7. The van der Waals surface area contributed by atoms with Gasteiger partial charge in [-0.3, -0.25) is 4.79 Å². The van der Waals surface area contributed by atoms with Crippen LogP contribution in [0.4, 0.5) is 0 Å². The van der Waals surface area contributed by atoms with Gasteiger partial charge in [0.15, 0.2) is 0 Å². The zero-order valence-electron chi connectivity index (χ0n) is 10.8. The van der Waals surface area contributed by atoms with Gasteiger partial charge in [0, 0.05) is 5.56 Å². The maximum Gasteiger partial charge on any atom is 0.338 e. The van der Waals surface area contributed by atoms with Gasteiger partial charge in [-0.15, -0.1) is 0 Å². The fourth-order valence-electron chi connectivity index (χ4n) is 2.58. The van der Waals surface area contributed by atoms with Gasteiger partial charge in [0.1, 0.15) is 5.75 Å². The summed E-state index contributed by atoms with van der Waals surface area (Å²) in [7, 11) is 1.27. The van der Waals surface area contributed by atoms with Crippen molar-refractivity contribution in [1.29, 1.82) is 0 Å². The van der Waals surface area contributed by atoms with E-state index in [4.69, 9.17) is 9.47 Å². The minimum atomic E-state index is -1.54. The van der Waals surface area contributed by atoms with Crippen molar-refractivity contribution in [2.75, 3.05) is 7.11 Å². The lowest BCUT2D eigenvalue weighted by molar-refractivity contribution is -0.153. The fraction of sp³-hybridized carbons (Fsp3) is 0.125. The van der Waals surface area contributed by atoms with Gasteiger partial charge in [0.25, 0.3) is 0 Å². The van der Waals surface area contributed by atoms with Crippen LogP contribution in [0.1, 0.15) is 11.1 Å². The highest BCUT2D eigenvalue weighted by Crippen LogP contribution is 2.45. The normalized spacial score (nSPS) is 20.1. The van der Waals surface area contributed by atoms with E-state index < -0.39 is 17.4 Å². The summed E-state index contributed by atoms with van der Waals surface area (Å²) >= 11 is 0. The molecule has 100 valence electrons. The third-order valence-electron chi connectivity index (χ3n) is 3.50. The lowest BCUT2D eigenvalue weighted by Gasteiger charge is -2.23. The Hall–Kier alpha value is -2.62. The second-order valence-electron chi connectivity index (χ2n) is 4.49. The van der Waals surface area contributed by atoms with Crippen LogP contribution in [0, 0.1) is 0 Å². The molecule has 1 aliphatic rings. The summed E-state index contributed by atoms with van der Waals surface area (Å²) in [6.07, 6.45) is 0. The molecule has 1 aliphatic heterocycles. The van der Waals surface area contributed by atoms with Crippen molar-refractivity contribution in [3.05, 3.63) is 65.7 Å². The molecule has 0 saturated carbocycles. The first-order valence-electron chi connectivity index (χ1n) is 6.17. The van der Waals surface area contributed by atoms with E-state index in [1.807, 2.05) is 6.07 Å². The molecule has 1 unspecified atom stereocenters. The summed E-state index contributed by atoms with van der Waals surface area (Å²) < 4.78 is 10.1. The Bertz CT molecular complexity index is 668. The molecule has 0 fully saturated rings. The lowest BCUT2D eigenvalue weighted by Crippen LogP contribution is -2.43. The predicted octanol–water partition coefficient (Wildman–Crippen LogP) is 2.06. The van der Waals surface area contributed by atoms with E-state index in [1.165, 1.54) is 7.11 Å². The topological polar surface area (TPSA) is 52.6 Å². The molecule has 1 heterocycles. The first-order valence-corrected chi connectivity index (χ1v) is 6.17. The Morgan fingerprint density at radius 1 is 1.05 bits per heavy atom. The first kappa shape index (κ1) is 12.4. The molecule has 2 aromatic rings. The summed E-state index contributed by atoms with van der Waals surface area (Å²) in [5, 5.41) is 0. The molecule has 20 heavy (non-hydrogen) atoms. The quantitative estimate of drug-likeness (QED) is 0.475. The number of carbonyl (C=O) groups is 2. The second-order valence-corrected chi connectivity index (χ2v) is 4.49. The van der Waals surface area contributed by atoms with Gasteiger partial charge >= 0.3 is 11.9 Å². The van der Waals surface area contributed by atoms with Crippen LogP contribution in [0.15, 0.2) is 54.6 Å². The van der Waals surface area contributed by atoms with Crippen LogP contribution in [-0.2, 0) is 19.7 Å². The van der Waals surface area contributed by atoms with Crippen molar-refractivity contribution >= 4 is 11.9 Å². The Morgan fingerprint density at radius 2 is 1.70 bits per heavy atom. The molecule has 0 aliphatic carbocycles. The Balaban J connectivity index is 2.33. The number of para-hydroxylation sites is 1. The number of benzene rings is 2. The van der Waals surface area contributed by atoms with E-state index in [0.29, 0.717) is 16.9 Å². The minimum absolute atomic E-state index is 0.395. The van der Waals surface area contributed by atoms with Gasteiger partial charge < -0.3 is 9.47 Å². The molecule has 0 bridgehead atoms. The zero-order valence-corrected chi connectivity index (χ0v) is 10.8. The van der Waals surface area contributed by atoms with Crippen molar-refractivity contribution in [1.82, 2.24) is 0 Å². The monoisotopic (exact) mass is 268 g/mol. The number of hydrogen-bond donors (Lipinski definition) is 0. The van der Waals surface area contributed by atoms with Crippen LogP contribution in [0.3, 0.4) is 0 Å². The van der Waals surface area contributed by atoms with Gasteiger partial charge in [0.2, 0.25) is 5.41 Å². The van der Waals surface area contributed by atoms with Crippen molar-refractivity contribution in [2.24, 2.45) is 0 Å². The molecule has 0 radical (unpaired) electrons. The molecule has 0 amide bonds. The Labute approximate surface area is 115 Å². The maximum atomic E-state index is 12.4. The number of fused-ring (bicyclic) bond motifs is 1. The van der Waals surface area contributed by atoms with Gasteiger partial charge in [-0.2, -0.15) is 0 Å². The van der Waals surface area contributed by atoms with Crippen LogP contribution in [-0.4, -0.2) is 19.0 Å². The SMILES string of the molecule is COC(=O)C1(c2ccccc2)C(=O)Oc2ccccc21. The third kappa shape index (κ3) is 1.48.